The highest BCUT2D eigenvalue weighted by Crippen LogP contribution is 2.31. The Balaban J connectivity index is 2.13. The molecule has 1 heterocycles. The molecule has 0 aliphatic heterocycles. The quantitative estimate of drug-likeness (QED) is 0.893. The van der Waals surface area contributed by atoms with Crippen LogP contribution in [0.4, 0.5) is 13.2 Å². The molecule has 0 aliphatic carbocycles. The van der Waals surface area contributed by atoms with Crippen LogP contribution >= 0.6 is 11.6 Å². The standard InChI is InChI=1S/C15H12ClF3N2O2/c16-10-7-9(4-5-12(10)22)8-13(23)21-14(15(17,18)19)11-3-1-2-6-20-11/h1-7,14,22H,8H2,(H,21,23). The Labute approximate surface area is 134 Å². The maximum absolute atomic E-state index is 13.1. The average molecular weight is 345 g/mol. The van der Waals surface area contributed by atoms with Gasteiger partial charge in [0.1, 0.15) is 5.75 Å². The summed E-state index contributed by atoms with van der Waals surface area (Å²) in [6.07, 6.45) is -3.75. The van der Waals surface area contributed by atoms with Crippen LogP contribution < -0.4 is 5.32 Å². The number of carbonyl (C=O) groups excluding carboxylic acids is 1. The molecular weight excluding hydrogens is 333 g/mol. The molecule has 1 aromatic carbocycles. The highest BCUT2D eigenvalue weighted by Gasteiger charge is 2.42. The van der Waals surface area contributed by atoms with E-state index in [1.807, 2.05) is 5.32 Å². The predicted octanol–water partition coefficient (Wildman–Crippen LogP) is 3.40. The Morgan fingerprint density at radius 2 is 2.04 bits per heavy atom. The lowest BCUT2D eigenvalue weighted by Gasteiger charge is -2.21. The SMILES string of the molecule is O=C(Cc1ccc(O)c(Cl)c1)NC(c1ccccn1)C(F)(F)F. The van der Waals surface area contributed by atoms with E-state index >= 15 is 0 Å². The van der Waals surface area contributed by atoms with E-state index in [0.29, 0.717) is 5.56 Å². The molecule has 0 fully saturated rings. The zero-order valence-electron chi connectivity index (χ0n) is 11.6. The molecule has 122 valence electrons. The van der Waals surface area contributed by atoms with E-state index < -0.39 is 18.1 Å². The van der Waals surface area contributed by atoms with Crippen molar-refractivity contribution in [3.63, 3.8) is 0 Å². The van der Waals surface area contributed by atoms with Gasteiger partial charge in [-0.25, -0.2) is 0 Å². The van der Waals surface area contributed by atoms with Crippen molar-refractivity contribution in [3.05, 3.63) is 58.9 Å². The predicted molar refractivity (Wildman–Crippen MR) is 78.0 cm³/mol. The summed E-state index contributed by atoms with van der Waals surface area (Å²) in [4.78, 5) is 15.5. The second-order valence-corrected chi connectivity index (χ2v) is 5.17. The number of phenols is 1. The second kappa shape index (κ2) is 6.87. The first-order valence-electron chi connectivity index (χ1n) is 6.52. The lowest BCUT2D eigenvalue weighted by atomic mass is 10.1. The molecule has 0 saturated carbocycles. The fourth-order valence-corrected chi connectivity index (χ4v) is 2.13. The van der Waals surface area contributed by atoms with Gasteiger partial charge in [0.25, 0.3) is 0 Å². The number of nitrogens with one attached hydrogen (secondary N) is 1. The van der Waals surface area contributed by atoms with Crippen LogP contribution in [0.15, 0.2) is 42.6 Å². The lowest BCUT2D eigenvalue weighted by Crippen LogP contribution is -2.39. The Hall–Kier alpha value is -2.28. The third-order valence-electron chi connectivity index (χ3n) is 2.99. The van der Waals surface area contributed by atoms with Crippen molar-refractivity contribution >= 4 is 17.5 Å². The van der Waals surface area contributed by atoms with Gasteiger partial charge in [-0.05, 0) is 29.8 Å². The van der Waals surface area contributed by atoms with Crippen molar-refractivity contribution < 1.29 is 23.1 Å². The first-order valence-corrected chi connectivity index (χ1v) is 6.89. The first kappa shape index (κ1) is 17.1. The third-order valence-corrected chi connectivity index (χ3v) is 3.30. The summed E-state index contributed by atoms with van der Waals surface area (Å²) < 4.78 is 39.3. The van der Waals surface area contributed by atoms with E-state index in [0.717, 1.165) is 0 Å². The number of halogens is 4. The number of rotatable bonds is 4. The van der Waals surface area contributed by atoms with Crippen molar-refractivity contribution in [2.75, 3.05) is 0 Å². The lowest BCUT2D eigenvalue weighted by molar-refractivity contribution is -0.164. The summed E-state index contributed by atoms with van der Waals surface area (Å²) in [6, 6.07) is 5.89. The maximum Gasteiger partial charge on any atom is 0.414 e. The molecular formula is C15H12ClF3N2O2. The van der Waals surface area contributed by atoms with Crippen molar-refractivity contribution in [3.8, 4) is 5.75 Å². The average Bonchev–Trinajstić information content (AvgIpc) is 2.48. The Bertz CT molecular complexity index is 693. The summed E-state index contributed by atoms with van der Waals surface area (Å²) in [5.74, 6) is -1.00. The minimum atomic E-state index is -4.67. The van der Waals surface area contributed by atoms with E-state index in [9.17, 15) is 23.1 Å². The number of phenolic OH excluding ortho intramolecular Hbond substituents is 1. The molecule has 4 nitrogen and oxygen atoms in total. The Morgan fingerprint density at radius 3 is 2.61 bits per heavy atom. The van der Waals surface area contributed by atoms with Crippen molar-refractivity contribution in [1.82, 2.24) is 10.3 Å². The molecule has 1 atom stereocenters. The van der Waals surface area contributed by atoms with Gasteiger partial charge in [-0.2, -0.15) is 13.2 Å². The molecule has 0 spiro atoms. The summed E-state index contributed by atoms with van der Waals surface area (Å²) in [6.45, 7) is 0. The smallest absolute Gasteiger partial charge is 0.414 e. The van der Waals surface area contributed by atoms with E-state index in [-0.39, 0.29) is 22.9 Å². The number of aromatic nitrogens is 1. The number of carbonyl (C=O) groups is 1. The molecule has 1 unspecified atom stereocenters. The maximum atomic E-state index is 13.1. The molecule has 1 aromatic heterocycles. The number of aromatic hydroxyl groups is 1. The Kier molecular flexibility index (Phi) is 5.10. The van der Waals surface area contributed by atoms with Crippen molar-refractivity contribution in [1.29, 1.82) is 0 Å². The van der Waals surface area contributed by atoms with Gasteiger partial charge >= 0.3 is 6.18 Å². The van der Waals surface area contributed by atoms with Gasteiger partial charge in [-0.15, -0.1) is 0 Å². The zero-order valence-corrected chi connectivity index (χ0v) is 12.4. The van der Waals surface area contributed by atoms with Crippen LogP contribution in [0.5, 0.6) is 5.75 Å². The highest BCUT2D eigenvalue weighted by atomic mass is 35.5. The monoisotopic (exact) mass is 344 g/mol. The molecule has 2 aromatic rings. The summed E-state index contributed by atoms with van der Waals surface area (Å²) in [5, 5.41) is 11.2. The topological polar surface area (TPSA) is 62.2 Å². The van der Waals surface area contributed by atoms with Crippen molar-refractivity contribution in [2.24, 2.45) is 0 Å². The van der Waals surface area contributed by atoms with E-state index in [4.69, 9.17) is 11.6 Å². The van der Waals surface area contributed by atoms with Crippen LogP contribution in [0, 0.1) is 0 Å². The van der Waals surface area contributed by atoms with Crippen LogP contribution in [0.1, 0.15) is 17.3 Å². The highest BCUT2D eigenvalue weighted by molar-refractivity contribution is 6.32. The fourth-order valence-electron chi connectivity index (χ4n) is 1.93. The molecule has 1 amide bonds. The van der Waals surface area contributed by atoms with Gasteiger partial charge < -0.3 is 10.4 Å². The van der Waals surface area contributed by atoms with Crippen LogP contribution in [0.3, 0.4) is 0 Å². The van der Waals surface area contributed by atoms with Gasteiger partial charge in [-0.1, -0.05) is 23.7 Å². The zero-order chi connectivity index (χ0) is 17.0. The number of benzene rings is 1. The summed E-state index contributed by atoms with van der Waals surface area (Å²) >= 11 is 5.70. The molecule has 0 saturated heterocycles. The molecule has 2 N–H and O–H groups in total. The number of hydrogen-bond donors (Lipinski definition) is 2. The third kappa shape index (κ3) is 4.59. The number of hydrogen-bond acceptors (Lipinski definition) is 3. The second-order valence-electron chi connectivity index (χ2n) is 4.76. The van der Waals surface area contributed by atoms with E-state index in [1.165, 1.54) is 42.6 Å². The van der Waals surface area contributed by atoms with Gasteiger partial charge in [0.05, 0.1) is 17.1 Å². The summed E-state index contributed by atoms with van der Waals surface area (Å²) in [5.41, 5.74) is 0.0873. The summed E-state index contributed by atoms with van der Waals surface area (Å²) in [7, 11) is 0. The first-order chi connectivity index (χ1) is 10.8. The molecule has 0 bridgehead atoms. The normalized spacial score (nSPS) is 12.7. The van der Waals surface area contributed by atoms with Crippen LogP contribution in [0.25, 0.3) is 0 Å². The van der Waals surface area contributed by atoms with Gasteiger partial charge in [0.2, 0.25) is 5.91 Å². The van der Waals surface area contributed by atoms with Crippen LogP contribution in [0.2, 0.25) is 5.02 Å². The largest absolute Gasteiger partial charge is 0.506 e. The molecule has 0 aliphatic rings. The molecule has 2 rings (SSSR count). The number of amides is 1. The van der Waals surface area contributed by atoms with Crippen LogP contribution in [-0.2, 0) is 11.2 Å². The van der Waals surface area contributed by atoms with E-state index in [1.54, 1.807) is 0 Å². The molecule has 0 radical (unpaired) electrons. The Morgan fingerprint density at radius 1 is 1.30 bits per heavy atom. The van der Waals surface area contributed by atoms with Gasteiger partial charge in [0, 0.05) is 6.20 Å². The minimum absolute atomic E-state index is 0.0207. The molecule has 23 heavy (non-hydrogen) atoms. The van der Waals surface area contributed by atoms with Crippen LogP contribution in [-0.4, -0.2) is 22.2 Å². The molecule has 8 heteroatoms. The van der Waals surface area contributed by atoms with Gasteiger partial charge in [-0.3, -0.25) is 9.78 Å². The fraction of sp³-hybridized carbons (Fsp3) is 0.200. The van der Waals surface area contributed by atoms with Gasteiger partial charge in [0.15, 0.2) is 6.04 Å². The van der Waals surface area contributed by atoms with E-state index in [2.05, 4.69) is 4.98 Å². The number of alkyl halides is 3. The van der Waals surface area contributed by atoms with Crippen molar-refractivity contribution in [2.45, 2.75) is 18.6 Å². The minimum Gasteiger partial charge on any atom is -0.506 e. The number of pyridine rings is 1. The number of nitrogens with zero attached hydrogens (tertiary/aromatic N) is 1.